The second-order valence-electron chi connectivity index (χ2n) is 5.49. The highest BCUT2D eigenvalue weighted by Crippen LogP contribution is 2.20. The summed E-state index contributed by atoms with van der Waals surface area (Å²) in [5.41, 5.74) is 3.24. The molecule has 2 aromatic carbocycles. The molecule has 2 rings (SSSR count). The quantitative estimate of drug-likeness (QED) is 0.780. The molecule has 0 bridgehead atoms. The van der Waals surface area contributed by atoms with Crippen molar-refractivity contribution in [3.8, 4) is 17.2 Å². The van der Waals surface area contributed by atoms with E-state index >= 15 is 0 Å². The summed E-state index contributed by atoms with van der Waals surface area (Å²) < 4.78 is 0. The molecule has 3 nitrogen and oxygen atoms in total. The van der Waals surface area contributed by atoms with Gasteiger partial charge in [-0.2, -0.15) is 5.26 Å². The largest absolute Gasteiger partial charge is 0.338 e. The van der Waals surface area contributed by atoms with Gasteiger partial charge in [0.15, 0.2) is 0 Å². The van der Waals surface area contributed by atoms with E-state index in [-0.39, 0.29) is 11.9 Å². The van der Waals surface area contributed by atoms with Crippen LogP contribution in [0.15, 0.2) is 60.7 Å². The van der Waals surface area contributed by atoms with Crippen LogP contribution in [-0.4, -0.2) is 23.9 Å². The Bertz CT molecular complexity index is 729. The van der Waals surface area contributed by atoms with E-state index in [0.717, 1.165) is 16.7 Å². The summed E-state index contributed by atoms with van der Waals surface area (Å²) in [5.74, 6) is -0.0992. The highest BCUT2D eigenvalue weighted by molar-refractivity contribution is 5.92. The average Bonchev–Trinajstić information content (AvgIpc) is 2.60. The van der Waals surface area contributed by atoms with Gasteiger partial charge >= 0.3 is 0 Å². The fourth-order valence-corrected chi connectivity index (χ4v) is 2.22. The number of hydrogen-bond acceptors (Lipinski definition) is 2. The van der Waals surface area contributed by atoms with Gasteiger partial charge in [-0.25, -0.2) is 0 Å². The fourth-order valence-electron chi connectivity index (χ4n) is 2.22. The van der Waals surface area contributed by atoms with Crippen LogP contribution in [0.3, 0.4) is 0 Å². The van der Waals surface area contributed by atoms with Crippen molar-refractivity contribution in [1.82, 2.24) is 4.90 Å². The summed E-state index contributed by atoms with van der Waals surface area (Å²) in [5, 5.41) is 8.71. The van der Waals surface area contributed by atoms with Gasteiger partial charge in [0.05, 0.1) is 12.5 Å². The monoisotopic (exact) mass is 304 g/mol. The zero-order valence-electron chi connectivity index (χ0n) is 13.4. The smallest absolute Gasteiger partial charge is 0.246 e. The van der Waals surface area contributed by atoms with Crippen LogP contribution in [0.1, 0.15) is 18.9 Å². The Morgan fingerprint density at radius 2 is 1.87 bits per heavy atom. The van der Waals surface area contributed by atoms with Crippen molar-refractivity contribution in [2.75, 3.05) is 7.05 Å². The Morgan fingerprint density at radius 1 is 1.17 bits per heavy atom. The molecule has 1 atom stereocenters. The third kappa shape index (κ3) is 4.55. The standard InChI is InChI=1S/C20H20N2O/c1-16(13-14-21)22(2)20(23)12-11-17-7-6-10-19(15-17)18-8-4-3-5-9-18/h3-12,15-16H,13H2,1-2H3/b12-11+. The van der Waals surface area contributed by atoms with Gasteiger partial charge < -0.3 is 4.90 Å². The van der Waals surface area contributed by atoms with E-state index in [1.165, 1.54) is 0 Å². The van der Waals surface area contributed by atoms with Crippen LogP contribution in [0.5, 0.6) is 0 Å². The fraction of sp³-hybridized carbons (Fsp3) is 0.200. The number of nitrogens with zero attached hydrogens (tertiary/aromatic N) is 2. The molecular formula is C20H20N2O. The molecule has 3 heteroatoms. The molecule has 0 spiro atoms. The first-order chi connectivity index (χ1) is 11.1. The molecule has 0 heterocycles. The molecule has 0 saturated carbocycles. The Morgan fingerprint density at radius 3 is 2.57 bits per heavy atom. The summed E-state index contributed by atoms with van der Waals surface area (Å²) in [6.07, 6.45) is 3.70. The van der Waals surface area contributed by atoms with Gasteiger partial charge in [-0.05, 0) is 35.8 Å². The number of rotatable bonds is 5. The molecule has 0 saturated heterocycles. The molecule has 0 aliphatic rings. The maximum Gasteiger partial charge on any atom is 0.246 e. The van der Waals surface area contributed by atoms with Crippen molar-refractivity contribution in [3.05, 3.63) is 66.2 Å². The van der Waals surface area contributed by atoms with Gasteiger partial charge in [0.1, 0.15) is 0 Å². The highest BCUT2D eigenvalue weighted by Gasteiger charge is 2.12. The Hall–Kier alpha value is -2.86. The van der Waals surface area contributed by atoms with Crippen LogP contribution >= 0.6 is 0 Å². The molecule has 0 aliphatic heterocycles. The zero-order valence-corrected chi connectivity index (χ0v) is 13.4. The number of carbonyl (C=O) groups is 1. The number of carbonyl (C=O) groups excluding carboxylic acids is 1. The molecule has 0 fully saturated rings. The predicted octanol–water partition coefficient (Wildman–Crippen LogP) is 4.13. The Balaban J connectivity index is 2.12. The molecule has 0 N–H and O–H groups in total. The number of amides is 1. The van der Waals surface area contributed by atoms with Crippen LogP contribution in [0.2, 0.25) is 0 Å². The molecule has 0 aromatic heterocycles. The average molecular weight is 304 g/mol. The lowest BCUT2D eigenvalue weighted by molar-refractivity contribution is -0.126. The molecular weight excluding hydrogens is 284 g/mol. The lowest BCUT2D eigenvalue weighted by Crippen LogP contribution is -2.33. The topological polar surface area (TPSA) is 44.1 Å². The van der Waals surface area contributed by atoms with Gasteiger partial charge in [-0.15, -0.1) is 0 Å². The van der Waals surface area contributed by atoms with Crippen LogP contribution < -0.4 is 0 Å². The lowest BCUT2D eigenvalue weighted by atomic mass is 10.0. The SMILES string of the molecule is CC(CC#N)N(C)C(=O)/C=C/c1cccc(-c2ccccc2)c1. The van der Waals surface area contributed by atoms with Crippen molar-refractivity contribution < 1.29 is 4.79 Å². The van der Waals surface area contributed by atoms with Gasteiger partial charge in [0.2, 0.25) is 5.91 Å². The van der Waals surface area contributed by atoms with E-state index in [1.807, 2.05) is 43.3 Å². The maximum atomic E-state index is 12.1. The highest BCUT2D eigenvalue weighted by atomic mass is 16.2. The van der Waals surface area contributed by atoms with Gasteiger partial charge in [-0.1, -0.05) is 48.5 Å². The van der Waals surface area contributed by atoms with Gasteiger partial charge in [-0.3, -0.25) is 4.79 Å². The first-order valence-corrected chi connectivity index (χ1v) is 7.59. The second kappa shape index (κ2) is 7.95. The van der Waals surface area contributed by atoms with Crippen LogP contribution in [0.25, 0.3) is 17.2 Å². The minimum absolute atomic E-state index is 0.0900. The first-order valence-electron chi connectivity index (χ1n) is 7.59. The molecule has 2 aromatic rings. The maximum absolute atomic E-state index is 12.1. The van der Waals surface area contributed by atoms with Crippen molar-refractivity contribution in [2.24, 2.45) is 0 Å². The molecule has 1 unspecified atom stereocenters. The number of benzene rings is 2. The molecule has 1 amide bonds. The summed E-state index contributed by atoms with van der Waals surface area (Å²) in [6.45, 7) is 1.87. The minimum atomic E-state index is -0.0992. The summed E-state index contributed by atoms with van der Waals surface area (Å²) in [6, 6.07) is 20.2. The zero-order chi connectivity index (χ0) is 16.7. The van der Waals surface area contributed by atoms with Crippen molar-refractivity contribution in [2.45, 2.75) is 19.4 Å². The third-order valence-corrected chi connectivity index (χ3v) is 3.81. The number of hydrogen-bond donors (Lipinski definition) is 0. The van der Waals surface area contributed by atoms with E-state index in [1.54, 1.807) is 18.0 Å². The number of likely N-dealkylation sites (N-methyl/N-ethyl adjacent to an activating group) is 1. The van der Waals surface area contributed by atoms with E-state index in [9.17, 15) is 4.79 Å². The third-order valence-electron chi connectivity index (χ3n) is 3.81. The first kappa shape index (κ1) is 16.5. The molecule has 116 valence electrons. The van der Waals surface area contributed by atoms with Crippen molar-refractivity contribution >= 4 is 12.0 Å². The summed E-state index contributed by atoms with van der Waals surface area (Å²) >= 11 is 0. The van der Waals surface area contributed by atoms with E-state index in [4.69, 9.17) is 5.26 Å². The summed E-state index contributed by atoms with van der Waals surface area (Å²) in [7, 11) is 1.72. The van der Waals surface area contributed by atoms with E-state index in [0.29, 0.717) is 6.42 Å². The lowest BCUT2D eigenvalue weighted by Gasteiger charge is -2.21. The molecule has 0 radical (unpaired) electrons. The van der Waals surface area contributed by atoms with E-state index < -0.39 is 0 Å². The van der Waals surface area contributed by atoms with Gasteiger partial charge in [0.25, 0.3) is 0 Å². The second-order valence-corrected chi connectivity index (χ2v) is 5.49. The van der Waals surface area contributed by atoms with Crippen molar-refractivity contribution in [3.63, 3.8) is 0 Å². The number of nitriles is 1. The molecule has 0 aliphatic carbocycles. The predicted molar refractivity (Wildman–Crippen MR) is 93.4 cm³/mol. The van der Waals surface area contributed by atoms with Crippen LogP contribution in [0.4, 0.5) is 0 Å². The van der Waals surface area contributed by atoms with Crippen LogP contribution in [-0.2, 0) is 4.79 Å². The van der Waals surface area contributed by atoms with Gasteiger partial charge in [0, 0.05) is 19.2 Å². The molecule has 23 heavy (non-hydrogen) atoms. The summed E-state index contributed by atoms with van der Waals surface area (Å²) in [4.78, 5) is 13.7. The Kier molecular flexibility index (Phi) is 5.71. The normalized spacial score (nSPS) is 11.9. The minimum Gasteiger partial charge on any atom is -0.338 e. The van der Waals surface area contributed by atoms with Crippen LogP contribution in [0, 0.1) is 11.3 Å². The Labute approximate surface area is 137 Å². The van der Waals surface area contributed by atoms with E-state index in [2.05, 4.69) is 30.3 Å². The van der Waals surface area contributed by atoms with Crippen molar-refractivity contribution in [1.29, 1.82) is 5.26 Å².